The molecule has 2 aromatic rings. The van der Waals surface area contributed by atoms with E-state index in [1.807, 2.05) is 48.6 Å². The Kier molecular flexibility index (Phi) is 5.74. The van der Waals surface area contributed by atoms with Gasteiger partial charge >= 0.3 is 0 Å². The standard InChI is InChI=1S/C20H27N3O2/c1-16-5-3-11-23(14-16)20(24)6-4-12-25-19-9-7-17(8-10-19)18-13-21-22(2)15-18/h7-10,13,15-16H,3-6,11-12,14H2,1-2H3. The average Bonchev–Trinajstić information content (AvgIpc) is 3.05. The Balaban J connectivity index is 1.41. The number of rotatable bonds is 6. The van der Waals surface area contributed by atoms with E-state index in [4.69, 9.17) is 4.74 Å². The van der Waals surface area contributed by atoms with Crippen molar-refractivity contribution in [2.75, 3.05) is 19.7 Å². The highest BCUT2D eigenvalue weighted by atomic mass is 16.5. The minimum atomic E-state index is 0.266. The van der Waals surface area contributed by atoms with Crippen LogP contribution < -0.4 is 4.74 Å². The molecule has 2 heterocycles. The van der Waals surface area contributed by atoms with Gasteiger partial charge in [-0.25, -0.2) is 0 Å². The number of hydrogen-bond donors (Lipinski definition) is 0. The van der Waals surface area contributed by atoms with Gasteiger partial charge in [0, 0.05) is 38.3 Å². The maximum atomic E-state index is 12.2. The van der Waals surface area contributed by atoms with Crippen LogP contribution in [-0.2, 0) is 11.8 Å². The average molecular weight is 341 g/mol. The molecule has 1 fully saturated rings. The van der Waals surface area contributed by atoms with Gasteiger partial charge in [-0.1, -0.05) is 19.1 Å². The van der Waals surface area contributed by atoms with Gasteiger partial charge in [-0.2, -0.15) is 5.10 Å². The molecule has 1 atom stereocenters. The predicted octanol–water partition coefficient (Wildman–Crippen LogP) is 3.50. The van der Waals surface area contributed by atoms with Gasteiger partial charge in [0.1, 0.15) is 5.75 Å². The molecule has 1 amide bonds. The molecule has 3 rings (SSSR count). The van der Waals surface area contributed by atoms with Gasteiger partial charge in [-0.05, 0) is 42.9 Å². The van der Waals surface area contributed by atoms with E-state index in [2.05, 4.69) is 12.0 Å². The molecule has 25 heavy (non-hydrogen) atoms. The third-order valence-electron chi connectivity index (χ3n) is 4.71. The van der Waals surface area contributed by atoms with Crippen molar-refractivity contribution in [3.8, 4) is 16.9 Å². The van der Waals surface area contributed by atoms with Crippen LogP contribution in [0.5, 0.6) is 5.75 Å². The lowest BCUT2D eigenvalue weighted by Gasteiger charge is -2.31. The topological polar surface area (TPSA) is 47.4 Å². The summed E-state index contributed by atoms with van der Waals surface area (Å²) in [7, 11) is 1.91. The molecule has 134 valence electrons. The molecule has 5 heteroatoms. The van der Waals surface area contributed by atoms with Gasteiger partial charge in [0.2, 0.25) is 5.91 Å². The largest absolute Gasteiger partial charge is 0.494 e. The van der Waals surface area contributed by atoms with E-state index in [1.54, 1.807) is 4.68 Å². The number of benzene rings is 1. The number of nitrogens with zero attached hydrogens (tertiary/aromatic N) is 3. The van der Waals surface area contributed by atoms with Gasteiger partial charge in [0.15, 0.2) is 0 Å². The first kappa shape index (κ1) is 17.5. The van der Waals surface area contributed by atoms with E-state index in [0.717, 1.165) is 42.8 Å². The summed E-state index contributed by atoms with van der Waals surface area (Å²) in [5.74, 6) is 1.74. The Hall–Kier alpha value is -2.30. The van der Waals surface area contributed by atoms with Crippen molar-refractivity contribution in [3.05, 3.63) is 36.7 Å². The molecule has 0 N–H and O–H groups in total. The lowest BCUT2D eigenvalue weighted by molar-refractivity contribution is -0.133. The molecule has 1 unspecified atom stereocenters. The molecule has 5 nitrogen and oxygen atoms in total. The summed E-state index contributed by atoms with van der Waals surface area (Å²) < 4.78 is 7.56. The minimum absolute atomic E-state index is 0.266. The first-order valence-electron chi connectivity index (χ1n) is 9.11. The van der Waals surface area contributed by atoms with Crippen LogP contribution in [0.15, 0.2) is 36.7 Å². The summed E-state index contributed by atoms with van der Waals surface area (Å²) in [6, 6.07) is 8.01. The molecular formula is C20H27N3O2. The number of aromatic nitrogens is 2. The molecule has 1 aromatic heterocycles. The molecule has 0 radical (unpaired) electrons. The number of ether oxygens (including phenoxy) is 1. The molecule has 0 spiro atoms. The van der Waals surface area contributed by atoms with Crippen LogP contribution in [-0.4, -0.2) is 40.3 Å². The second kappa shape index (κ2) is 8.19. The van der Waals surface area contributed by atoms with E-state index >= 15 is 0 Å². The van der Waals surface area contributed by atoms with Crippen molar-refractivity contribution in [3.63, 3.8) is 0 Å². The van der Waals surface area contributed by atoms with Crippen LogP contribution in [0.4, 0.5) is 0 Å². The summed E-state index contributed by atoms with van der Waals surface area (Å²) in [5.41, 5.74) is 2.21. The van der Waals surface area contributed by atoms with Crippen molar-refractivity contribution in [2.45, 2.75) is 32.6 Å². The van der Waals surface area contributed by atoms with E-state index in [0.29, 0.717) is 18.9 Å². The second-order valence-corrected chi connectivity index (χ2v) is 6.97. The summed E-state index contributed by atoms with van der Waals surface area (Å²) >= 11 is 0. The first-order chi connectivity index (χ1) is 12.1. The molecular weight excluding hydrogens is 314 g/mol. The Morgan fingerprint density at radius 2 is 2.08 bits per heavy atom. The number of amides is 1. The van der Waals surface area contributed by atoms with Crippen LogP contribution in [0.2, 0.25) is 0 Å². The van der Waals surface area contributed by atoms with Crippen LogP contribution in [0.3, 0.4) is 0 Å². The van der Waals surface area contributed by atoms with Crippen LogP contribution >= 0.6 is 0 Å². The lowest BCUT2D eigenvalue weighted by atomic mass is 10.00. The van der Waals surface area contributed by atoms with Gasteiger partial charge in [0.25, 0.3) is 0 Å². The van der Waals surface area contributed by atoms with Gasteiger partial charge in [0.05, 0.1) is 12.8 Å². The highest BCUT2D eigenvalue weighted by molar-refractivity contribution is 5.76. The third-order valence-corrected chi connectivity index (χ3v) is 4.71. The first-order valence-corrected chi connectivity index (χ1v) is 9.11. The molecule has 1 aliphatic heterocycles. The zero-order valence-electron chi connectivity index (χ0n) is 15.1. The number of carbonyl (C=O) groups excluding carboxylic acids is 1. The summed E-state index contributed by atoms with van der Waals surface area (Å²) in [5, 5.41) is 4.19. The Bertz CT molecular complexity index is 693. The number of hydrogen-bond acceptors (Lipinski definition) is 3. The predicted molar refractivity (Wildman–Crippen MR) is 98.4 cm³/mol. The molecule has 1 aromatic carbocycles. The van der Waals surface area contributed by atoms with Gasteiger partial charge in [-0.15, -0.1) is 0 Å². The lowest BCUT2D eigenvalue weighted by Crippen LogP contribution is -2.39. The fourth-order valence-electron chi connectivity index (χ4n) is 3.30. The quantitative estimate of drug-likeness (QED) is 0.756. The van der Waals surface area contributed by atoms with Crippen LogP contribution in [0.1, 0.15) is 32.6 Å². The Morgan fingerprint density at radius 3 is 2.76 bits per heavy atom. The monoisotopic (exact) mass is 341 g/mol. The Labute approximate surface area is 149 Å². The fourth-order valence-corrected chi connectivity index (χ4v) is 3.30. The Morgan fingerprint density at radius 1 is 1.28 bits per heavy atom. The van der Waals surface area contributed by atoms with Crippen LogP contribution in [0.25, 0.3) is 11.1 Å². The highest BCUT2D eigenvalue weighted by Crippen LogP contribution is 2.22. The maximum absolute atomic E-state index is 12.2. The summed E-state index contributed by atoms with van der Waals surface area (Å²) in [4.78, 5) is 14.2. The zero-order chi connectivity index (χ0) is 17.6. The zero-order valence-corrected chi connectivity index (χ0v) is 15.1. The smallest absolute Gasteiger partial charge is 0.222 e. The fraction of sp³-hybridized carbons (Fsp3) is 0.500. The second-order valence-electron chi connectivity index (χ2n) is 6.97. The van der Waals surface area contributed by atoms with Crippen molar-refractivity contribution >= 4 is 5.91 Å². The molecule has 1 saturated heterocycles. The van der Waals surface area contributed by atoms with E-state index in [1.165, 1.54) is 6.42 Å². The van der Waals surface area contributed by atoms with E-state index in [-0.39, 0.29) is 5.91 Å². The van der Waals surface area contributed by atoms with Crippen molar-refractivity contribution < 1.29 is 9.53 Å². The maximum Gasteiger partial charge on any atom is 0.222 e. The SMILES string of the molecule is CC1CCCN(C(=O)CCCOc2ccc(-c3cnn(C)c3)cc2)C1. The van der Waals surface area contributed by atoms with Gasteiger partial charge in [-0.3, -0.25) is 9.48 Å². The highest BCUT2D eigenvalue weighted by Gasteiger charge is 2.20. The molecule has 1 aliphatic rings. The number of likely N-dealkylation sites (tertiary alicyclic amines) is 1. The minimum Gasteiger partial charge on any atom is -0.494 e. The van der Waals surface area contributed by atoms with Crippen molar-refractivity contribution in [1.29, 1.82) is 0 Å². The van der Waals surface area contributed by atoms with Gasteiger partial charge < -0.3 is 9.64 Å². The van der Waals surface area contributed by atoms with Crippen molar-refractivity contribution in [1.82, 2.24) is 14.7 Å². The summed E-state index contributed by atoms with van der Waals surface area (Å²) in [6.45, 7) is 4.62. The normalized spacial score (nSPS) is 17.5. The molecule has 0 aliphatic carbocycles. The van der Waals surface area contributed by atoms with E-state index in [9.17, 15) is 4.79 Å². The van der Waals surface area contributed by atoms with Crippen LogP contribution in [0, 0.1) is 5.92 Å². The third kappa shape index (κ3) is 4.84. The number of aryl methyl sites for hydroxylation is 1. The number of piperidine rings is 1. The van der Waals surface area contributed by atoms with E-state index < -0.39 is 0 Å². The van der Waals surface area contributed by atoms with Crippen molar-refractivity contribution in [2.24, 2.45) is 13.0 Å². The summed E-state index contributed by atoms with van der Waals surface area (Å²) in [6.07, 6.45) is 7.54. The molecule has 0 bridgehead atoms. The number of carbonyl (C=O) groups is 1. The molecule has 0 saturated carbocycles.